The second kappa shape index (κ2) is 7.86. The molecule has 1 unspecified atom stereocenters. The summed E-state index contributed by atoms with van der Waals surface area (Å²) in [4.78, 5) is 19.5. The summed E-state index contributed by atoms with van der Waals surface area (Å²) in [5.41, 5.74) is 3.52. The fourth-order valence-corrected chi connectivity index (χ4v) is 4.13. The summed E-state index contributed by atoms with van der Waals surface area (Å²) in [6, 6.07) is 12.0. The first-order valence-corrected chi connectivity index (χ1v) is 10.4. The average Bonchev–Trinajstić information content (AvgIpc) is 3.44. The Morgan fingerprint density at radius 1 is 1.16 bits per heavy atom. The van der Waals surface area contributed by atoms with Crippen LogP contribution in [0.25, 0.3) is 16.8 Å². The van der Waals surface area contributed by atoms with Gasteiger partial charge in [0.1, 0.15) is 5.75 Å². The lowest BCUT2D eigenvalue weighted by Gasteiger charge is -2.31. The van der Waals surface area contributed by atoms with Crippen LogP contribution in [-0.2, 0) is 7.05 Å². The molecule has 0 radical (unpaired) electrons. The highest BCUT2D eigenvalue weighted by Crippen LogP contribution is 2.28. The summed E-state index contributed by atoms with van der Waals surface area (Å²) in [6.45, 7) is 1.37. The Morgan fingerprint density at radius 3 is 2.87 bits per heavy atom. The molecule has 0 N–H and O–H groups in total. The van der Waals surface area contributed by atoms with Gasteiger partial charge in [0.15, 0.2) is 11.5 Å². The molecule has 158 valence electrons. The molecule has 31 heavy (non-hydrogen) atoms. The zero-order valence-corrected chi connectivity index (χ0v) is 17.6. The van der Waals surface area contributed by atoms with E-state index in [1.165, 1.54) is 0 Å². The first-order chi connectivity index (χ1) is 15.1. The number of aromatic nitrogens is 5. The quantitative estimate of drug-likeness (QED) is 0.511. The molecular weight excluding hydrogens is 392 g/mol. The van der Waals surface area contributed by atoms with E-state index in [1.807, 2.05) is 59.1 Å². The third-order valence-corrected chi connectivity index (χ3v) is 5.78. The maximum Gasteiger partial charge on any atom is 0.257 e. The van der Waals surface area contributed by atoms with E-state index >= 15 is 0 Å². The largest absolute Gasteiger partial charge is 0.497 e. The van der Waals surface area contributed by atoms with Gasteiger partial charge in [-0.05, 0) is 42.7 Å². The van der Waals surface area contributed by atoms with Crippen molar-refractivity contribution in [3.8, 4) is 16.9 Å². The molecule has 0 aliphatic carbocycles. The molecule has 1 amide bonds. The number of carbonyl (C=O) groups excluding carboxylic acids is 1. The van der Waals surface area contributed by atoms with Crippen molar-refractivity contribution in [2.24, 2.45) is 7.05 Å². The topological polar surface area (TPSA) is 77.5 Å². The van der Waals surface area contributed by atoms with Crippen LogP contribution >= 0.6 is 0 Å². The number of benzene rings is 1. The van der Waals surface area contributed by atoms with E-state index < -0.39 is 0 Å². The van der Waals surface area contributed by atoms with Crippen molar-refractivity contribution < 1.29 is 9.53 Å². The van der Waals surface area contributed by atoms with Crippen LogP contribution in [0.15, 0.2) is 55.0 Å². The Kier molecular flexibility index (Phi) is 4.89. The van der Waals surface area contributed by atoms with Crippen LogP contribution in [-0.4, -0.2) is 55.4 Å². The molecule has 1 atom stereocenters. The van der Waals surface area contributed by atoms with Gasteiger partial charge in [0.25, 0.3) is 5.91 Å². The van der Waals surface area contributed by atoms with Gasteiger partial charge < -0.3 is 9.64 Å². The van der Waals surface area contributed by atoms with Gasteiger partial charge in [-0.2, -0.15) is 10.2 Å². The highest BCUT2D eigenvalue weighted by atomic mass is 16.5. The number of amides is 1. The van der Waals surface area contributed by atoms with Crippen LogP contribution in [0.4, 0.5) is 0 Å². The summed E-state index contributed by atoms with van der Waals surface area (Å²) < 4.78 is 8.81. The van der Waals surface area contributed by atoms with Crippen LogP contribution in [0.1, 0.15) is 34.9 Å². The number of ether oxygens (including phenoxy) is 1. The van der Waals surface area contributed by atoms with Crippen molar-refractivity contribution in [1.29, 1.82) is 0 Å². The van der Waals surface area contributed by atoms with E-state index in [0.717, 1.165) is 47.7 Å². The Bertz CT molecular complexity index is 1240. The van der Waals surface area contributed by atoms with Gasteiger partial charge in [0.05, 0.1) is 18.9 Å². The van der Waals surface area contributed by atoms with Crippen LogP contribution in [0.3, 0.4) is 0 Å². The third-order valence-electron chi connectivity index (χ3n) is 5.78. The maximum absolute atomic E-state index is 12.8. The number of likely N-dealkylation sites (tertiary alicyclic amines) is 1. The third kappa shape index (κ3) is 3.76. The molecule has 3 aromatic heterocycles. The Morgan fingerprint density at radius 2 is 2.06 bits per heavy atom. The fourth-order valence-electron chi connectivity index (χ4n) is 4.13. The molecular formula is C23H24N6O2. The minimum atomic E-state index is 0.0156. The smallest absolute Gasteiger partial charge is 0.257 e. The van der Waals surface area contributed by atoms with Gasteiger partial charge in [-0.25, -0.2) is 9.50 Å². The molecule has 1 fully saturated rings. The van der Waals surface area contributed by atoms with Crippen molar-refractivity contribution in [1.82, 2.24) is 29.3 Å². The number of pyridine rings is 1. The van der Waals surface area contributed by atoms with Gasteiger partial charge in [0.2, 0.25) is 0 Å². The van der Waals surface area contributed by atoms with Crippen molar-refractivity contribution in [3.63, 3.8) is 0 Å². The molecule has 4 heterocycles. The summed E-state index contributed by atoms with van der Waals surface area (Å²) in [6.07, 6.45) is 7.27. The molecule has 1 aliphatic rings. The second-order valence-electron chi connectivity index (χ2n) is 7.92. The number of carbonyl (C=O) groups is 1. The SMILES string of the molecule is COc1cccc(-c2ccc3nc(C4CCCN(C(=O)c5cnn(C)c5)C4)nn3c2)c1. The van der Waals surface area contributed by atoms with Crippen molar-refractivity contribution >= 4 is 11.6 Å². The van der Waals surface area contributed by atoms with Crippen molar-refractivity contribution in [2.45, 2.75) is 18.8 Å². The summed E-state index contributed by atoms with van der Waals surface area (Å²) >= 11 is 0. The molecule has 0 spiro atoms. The van der Waals surface area contributed by atoms with E-state index in [-0.39, 0.29) is 11.8 Å². The minimum Gasteiger partial charge on any atom is -0.497 e. The summed E-state index contributed by atoms with van der Waals surface area (Å²) in [7, 11) is 3.48. The number of hydrogen-bond donors (Lipinski definition) is 0. The first-order valence-electron chi connectivity index (χ1n) is 10.4. The number of nitrogens with zero attached hydrogens (tertiary/aromatic N) is 6. The number of fused-ring (bicyclic) bond motifs is 1. The van der Waals surface area contributed by atoms with Gasteiger partial charge >= 0.3 is 0 Å². The second-order valence-corrected chi connectivity index (χ2v) is 7.92. The van der Waals surface area contributed by atoms with Gasteiger partial charge in [-0.1, -0.05) is 12.1 Å². The summed E-state index contributed by atoms with van der Waals surface area (Å²) in [5, 5.41) is 8.87. The molecule has 4 aromatic rings. The number of rotatable bonds is 4. The van der Waals surface area contributed by atoms with E-state index in [0.29, 0.717) is 12.1 Å². The van der Waals surface area contributed by atoms with Crippen LogP contribution in [0.5, 0.6) is 5.75 Å². The highest BCUT2D eigenvalue weighted by Gasteiger charge is 2.28. The standard InChI is InChI=1S/C23H24N6O2/c1-27-13-19(12-24-27)23(30)28-10-4-6-18(14-28)22-25-21-9-8-17(15-29(21)26-22)16-5-3-7-20(11-16)31-2/h3,5,7-9,11-13,15,18H,4,6,10,14H2,1-2H3. The van der Waals surface area contributed by atoms with Crippen LogP contribution in [0, 0.1) is 0 Å². The van der Waals surface area contributed by atoms with Crippen molar-refractivity contribution in [2.75, 3.05) is 20.2 Å². The molecule has 1 aliphatic heterocycles. The Balaban J connectivity index is 1.39. The van der Waals surface area contributed by atoms with Crippen LogP contribution in [0.2, 0.25) is 0 Å². The minimum absolute atomic E-state index is 0.0156. The molecule has 8 nitrogen and oxygen atoms in total. The molecule has 1 saturated heterocycles. The maximum atomic E-state index is 12.8. The Hall–Kier alpha value is -3.68. The fraction of sp³-hybridized carbons (Fsp3) is 0.304. The van der Waals surface area contributed by atoms with E-state index in [9.17, 15) is 4.79 Å². The summed E-state index contributed by atoms with van der Waals surface area (Å²) in [5.74, 6) is 1.74. The Labute approximate surface area is 180 Å². The monoisotopic (exact) mass is 416 g/mol. The zero-order chi connectivity index (χ0) is 21.4. The number of aryl methyl sites for hydroxylation is 1. The molecule has 0 bridgehead atoms. The molecule has 0 saturated carbocycles. The van der Waals surface area contributed by atoms with E-state index in [2.05, 4.69) is 5.10 Å². The normalized spacial score (nSPS) is 16.6. The zero-order valence-electron chi connectivity index (χ0n) is 17.6. The lowest BCUT2D eigenvalue weighted by molar-refractivity contribution is 0.0704. The van der Waals surface area contributed by atoms with E-state index in [1.54, 1.807) is 24.2 Å². The first kappa shape index (κ1) is 19.3. The van der Waals surface area contributed by atoms with Gasteiger partial charge in [-0.3, -0.25) is 9.48 Å². The molecule has 5 rings (SSSR count). The average molecular weight is 416 g/mol. The van der Waals surface area contributed by atoms with Crippen molar-refractivity contribution in [3.05, 3.63) is 66.4 Å². The van der Waals surface area contributed by atoms with E-state index in [4.69, 9.17) is 14.8 Å². The molecule has 1 aromatic carbocycles. The predicted octanol–water partition coefficient (Wildman–Crippen LogP) is 3.16. The van der Waals surface area contributed by atoms with Gasteiger partial charge in [0, 0.05) is 44.0 Å². The lowest BCUT2D eigenvalue weighted by atomic mass is 9.97. The number of hydrogen-bond acceptors (Lipinski definition) is 5. The number of methoxy groups -OCH3 is 1. The molecule has 8 heteroatoms. The predicted molar refractivity (Wildman–Crippen MR) is 116 cm³/mol. The highest BCUT2D eigenvalue weighted by molar-refractivity contribution is 5.93. The van der Waals surface area contributed by atoms with Crippen LogP contribution < -0.4 is 4.74 Å². The lowest BCUT2D eigenvalue weighted by Crippen LogP contribution is -2.39. The number of piperidine rings is 1. The van der Waals surface area contributed by atoms with Gasteiger partial charge in [-0.15, -0.1) is 0 Å².